The van der Waals surface area contributed by atoms with Crippen molar-refractivity contribution in [3.8, 4) is 28.0 Å². The SMILES string of the molecule is CC1(C)c2ccccc2-c2ccc(N(c3cccc(-c4ccccc4)c3)c3cccc4oc5c(c34)=CC3Oc4ccccc4C3C=5c3ccccc3)cc21. The van der Waals surface area contributed by atoms with E-state index in [-0.39, 0.29) is 17.4 Å². The molecular weight excluding hydrogens is 659 g/mol. The first-order chi connectivity index (χ1) is 26.5. The molecule has 1 aromatic heterocycles. The van der Waals surface area contributed by atoms with Crippen molar-refractivity contribution < 1.29 is 9.15 Å². The normalized spacial score (nSPS) is 17.1. The van der Waals surface area contributed by atoms with Gasteiger partial charge in [-0.2, -0.15) is 0 Å². The molecule has 0 amide bonds. The molecule has 0 saturated carbocycles. The lowest BCUT2D eigenvalue weighted by molar-refractivity contribution is 0.285. The van der Waals surface area contributed by atoms with Gasteiger partial charge >= 0.3 is 0 Å². The van der Waals surface area contributed by atoms with Gasteiger partial charge in [-0.05, 0) is 87.5 Å². The molecule has 7 aromatic carbocycles. The van der Waals surface area contributed by atoms with Crippen LogP contribution in [0.25, 0.3) is 44.9 Å². The lowest BCUT2D eigenvalue weighted by Crippen LogP contribution is -2.36. The fourth-order valence-electron chi connectivity index (χ4n) is 9.33. The number of nitrogens with zero attached hydrogens (tertiary/aromatic N) is 1. The van der Waals surface area contributed by atoms with Crippen molar-refractivity contribution in [2.45, 2.75) is 31.3 Å². The van der Waals surface area contributed by atoms with E-state index in [0.29, 0.717) is 0 Å². The van der Waals surface area contributed by atoms with Crippen LogP contribution >= 0.6 is 0 Å². The highest BCUT2D eigenvalue weighted by Gasteiger charge is 2.40. The lowest BCUT2D eigenvalue weighted by Gasteiger charge is -2.29. The highest BCUT2D eigenvalue weighted by Crippen LogP contribution is 2.51. The van der Waals surface area contributed by atoms with E-state index >= 15 is 0 Å². The Kier molecular flexibility index (Phi) is 6.72. The summed E-state index contributed by atoms with van der Waals surface area (Å²) in [6, 6.07) is 61.0. The van der Waals surface area contributed by atoms with Crippen LogP contribution < -0.4 is 20.3 Å². The van der Waals surface area contributed by atoms with Crippen molar-refractivity contribution in [1.82, 2.24) is 0 Å². The van der Waals surface area contributed by atoms with Crippen LogP contribution in [0.1, 0.15) is 42.0 Å². The molecule has 2 unspecified atom stereocenters. The average Bonchev–Trinajstić information content (AvgIpc) is 3.86. The first-order valence-electron chi connectivity index (χ1n) is 18.8. The summed E-state index contributed by atoms with van der Waals surface area (Å²) in [5.74, 6) is 0.965. The summed E-state index contributed by atoms with van der Waals surface area (Å²) in [7, 11) is 0. The molecule has 0 spiro atoms. The standard InChI is InChI=1S/C51H37NO2/c1-51(2)41-23-11-9-21-37(41)38-28-27-36(30-42(38)51)52(35-20-13-19-34(29-35)32-15-5-3-6-16-32)43-24-14-26-45-48(43)40-31-46-49(39-22-10-12-25-44(39)53-46)47(50(40)54-45)33-17-7-4-8-18-33/h3-31,46,49H,1-2H3. The Bertz CT molecular complexity index is 2900. The lowest BCUT2D eigenvalue weighted by atomic mass is 9.81. The van der Waals surface area contributed by atoms with Crippen molar-refractivity contribution in [3.63, 3.8) is 0 Å². The number of para-hydroxylation sites is 1. The monoisotopic (exact) mass is 695 g/mol. The molecule has 2 aliphatic carbocycles. The van der Waals surface area contributed by atoms with E-state index in [1.54, 1.807) is 0 Å². The highest BCUT2D eigenvalue weighted by atomic mass is 16.5. The van der Waals surface area contributed by atoms with Crippen LogP contribution in [0.3, 0.4) is 0 Å². The van der Waals surface area contributed by atoms with Crippen LogP contribution in [0, 0.1) is 0 Å². The third-order valence-electron chi connectivity index (χ3n) is 11.8. The largest absolute Gasteiger partial charge is 0.485 e. The van der Waals surface area contributed by atoms with Crippen molar-refractivity contribution in [3.05, 3.63) is 203 Å². The third-order valence-corrected chi connectivity index (χ3v) is 11.8. The van der Waals surface area contributed by atoms with E-state index in [1.807, 2.05) is 0 Å². The molecule has 0 fully saturated rings. The van der Waals surface area contributed by atoms with Gasteiger partial charge in [-0.15, -0.1) is 0 Å². The van der Waals surface area contributed by atoms with Crippen LogP contribution in [0.2, 0.25) is 0 Å². The summed E-state index contributed by atoms with van der Waals surface area (Å²) in [5.41, 5.74) is 16.1. The maximum atomic E-state index is 7.04. The molecule has 2 heterocycles. The van der Waals surface area contributed by atoms with Crippen molar-refractivity contribution in [2.24, 2.45) is 0 Å². The first-order valence-corrected chi connectivity index (χ1v) is 18.8. The Labute approximate surface area is 314 Å². The molecule has 54 heavy (non-hydrogen) atoms. The molecule has 1 aliphatic heterocycles. The molecule has 3 heteroatoms. The van der Waals surface area contributed by atoms with Gasteiger partial charge < -0.3 is 14.1 Å². The summed E-state index contributed by atoms with van der Waals surface area (Å²) in [6.07, 6.45) is 2.15. The zero-order valence-corrected chi connectivity index (χ0v) is 30.2. The molecule has 0 bridgehead atoms. The van der Waals surface area contributed by atoms with E-state index in [9.17, 15) is 0 Å². The zero-order chi connectivity index (χ0) is 36.0. The van der Waals surface area contributed by atoms with Crippen LogP contribution in [-0.2, 0) is 5.41 Å². The second-order valence-electron chi connectivity index (χ2n) is 15.2. The van der Waals surface area contributed by atoms with Crippen LogP contribution in [-0.4, -0.2) is 6.10 Å². The van der Waals surface area contributed by atoms with Crippen LogP contribution in [0.15, 0.2) is 174 Å². The Morgan fingerprint density at radius 3 is 2.09 bits per heavy atom. The first kappa shape index (κ1) is 31.0. The number of benzene rings is 7. The second kappa shape index (κ2) is 11.7. The fourth-order valence-corrected chi connectivity index (χ4v) is 9.33. The van der Waals surface area contributed by atoms with E-state index < -0.39 is 0 Å². The maximum Gasteiger partial charge on any atom is 0.139 e. The maximum absolute atomic E-state index is 7.04. The van der Waals surface area contributed by atoms with Gasteiger partial charge in [0, 0.05) is 33.1 Å². The number of ether oxygens (including phenoxy) is 1. The number of hydrogen-bond acceptors (Lipinski definition) is 3. The summed E-state index contributed by atoms with van der Waals surface area (Å²) in [6.45, 7) is 4.70. The second-order valence-corrected chi connectivity index (χ2v) is 15.2. The van der Waals surface area contributed by atoms with Crippen LogP contribution in [0.5, 0.6) is 5.75 Å². The number of rotatable bonds is 5. The van der Waals surface area contributed by atoms with E-state index in [2.05, 4.69) is 195 Å². The Balaban J connectivity index is 1.19. The number of furan rings is 1. The van der Waals surface area contributed by atoms with E-state index in [0.717, 1.165) is 50.0 Å². The van der Waals surface area contributed by atoms with Gasteiger partial charge in [-0.1, -0.05) is 141 Å². The Morgan fingerprint density at radius 2 is 1.24 bits per heavy atom. The molecule has 3 nitrogen and oxygen atoms in total. The molecule has 2 atom stereocenters. The minimum Gasteiger partial charge on any atom is -0.485 e. The van der Waals surface area contributed by atoms with E-state index in [1.165, 1.54) is 44.5 Å². The molecule has 3 aliphatic rings. The molecule has 11 rings (SSSR count). The number of hydrogen-bond donors (Lipinski definition) is 0. The van der Waals surface area contributed by atoms with Gasteiger partial charge in [0.05, 0.1) is 17.0 Å². The minimum absolute atomic E-state index is 0.0272. The zero-order valence-electron chi connectivity index (χ0n) is 30.2. The highest BCUT2D eigenvalue weighted by molar-refractivity contribution is 5.99. The van der Waals surface area contributed by atoms with Crippen LogP contribution in [0.4, 0.5) is 17.1 Å². The van der Waals surface area contributed by atoms with Gasteiger partial charge in [0.15, 0.2) is 0 Å². The predicted octanol–water partition coefficient (Wildman–Crippen LogP) is 11.4. The van der Waals surface area contributed by atoms with Gasteiger partial charge in [-0.25, -0.2) is 0 Å². The molecule has 8 aromatic rings. The molecule has 258 valence electrons. The smallest absolute Gasteiger partial charge is 0.139 e. The summed E-state index contributed by atoms with van der Waals surface area (Å²) in [5, 5.41) is 2.15. The third kappa shape index (κ3) is 4.55. The minimum atomic E-state index is -0.159. The predicted molar refractivity (Wildman–Crippen MR) is 220 cm³/mol. The molecule has 0 N–H and O–H groups in total. The van der Waals surface area contributed by atoms with Crippen molar-refractivity contribution >= 4 is 39.7 Å². The molecule has 0 saturated heterocycles. The number of fused-ring (bicyclic) bond motifs is 9. The quantitative estimate of drug-likeness (QED) is 0.179. The van der Waals surface area contributed by atoms with Gasteiger partial charge in [0.2, 0.25) is 0 Å². The topological polar surface area (TPSA) is 25.6 Å². The van der Waals surface area contributed by atoms with Gasteiger partial charge in [-0.3, -0.25) is 0 Å². The fraction of sp³-hybridized carbons (Fsp3) is 0.0980. The molecule has 0 radical (unpaired) electrons. The Hall–Kier alpha value is -6.58. The van der Waals surface area contributed by atoms with Crippen molar-refractivity contribution in [1.29, 1.82) is 0 Å². The summed E-state index contributed by atoms with van der Waals surface area (Å²) in [4.78, 5) is 2.43. The summed E-state index contributed by atoms with van der Waals surface area (Å²) < 4.78 is 13.8. The van der Waals surface area contributed by atoms with E-state index in [4.69, 9.17) is 9.15 Å². The van der Waals surface area contributed by atoms with Crippen molar-refractivity contribution in [2.75, 3.05) is 4.90 Å². The molecular formula is C51H37NO2. The Morgan fingerprint density at radius 1 is 0.556 bits per heavy atom. The van der Waals surface area contributed by atoms with Gasteiger partial charge in [0.25, 0.3) is 0 Å². The number of anilines is 3. The van der Waals surface area contributed by atoms with Gasteiger partial charge in [0.1, 0.15) is 22.9 Å². The average molecular weight is 696 g/mol. The summed E-state index contributed by atoms with van der Waals surface area (Å²) >= 11 is 0.